The molecule has 98 valence electrons. The summed E-state index contributed by atoms with van der Waals surface area (Å²) in [7, 11) is 1.58. The van der Waals surface area contributed by atoms with Gasteiger partial charge in [0.05, 0.1) is 12.0 Å². The van der Waals surface area contributed by atoms with E-state index in [1.165, 1.54) is 0 Å². The van der Waals surface area contributed by atoms with Crippen LogP contribution in [0.3, 0.4) is 0 Å². The van der Waals surface area contributed by atoms with Gasteiger partial charge >= 0.3 is 0 Å². The van der Waals surface area contributed by atoms with E-state index in [-0.39, 0.29) is 12.3 Å². The van der Waals surface area contributed by atoms with Gasteiger partial charge in [-0.1, -0.05) is 24.4 Å². The molecule has 0 bridgehead atoms. The van der Waals surface area contributed by atoms with Gasteiger partial charge in [-0.05, 0) is 26.0 Å². The van der Waals surface area contributed by atoms with Gasteiger partial charge in [-0.25, -0.2) is 0 Å². The quantitative estimate of drug-likeness (QED) is 0.801. The van der Waals surface area contributed by atoms with Gasteiger partial charge in [-0.3, -0.25) is 4.79 Å². The van der Waals surface area contributed by atoms with E-state index < -0.39 is 5.60 Å². The number of hydrogen-bond acceptors (Lipinski definition) is 3. The zero-order valence-corrected chi connectivity index (χ0v) is 11.6. The SMILES string of the molecule is COC(C)(C)CC(=O)Nc1cccc(C(N)=S)c1. The highest BCUT2D eigenvalue weighted by atomic mass is 32.1. The largest absolute Gasteiger partial charge is 0.389 e. The van der Waals surface area contributed by atoms with Gasteiger partial charge in [0.25, 0.3) is 0 Å². The van der Waals surface area contributed by atoms with Crippen LogP contribution in [0, 0.1) is 0 Å². The number of hydrogen-bond donors (Lipinski definition) is 2. The van der Waals surface area contributed by atoms with Crippen LogP contribution in [0.2, 0.25) is 0 Å². The minimum atomic E-state index is -0.481. The predicted molar refractivity (Wildman–Crippen MR) is 76.7 cm³/mol. The number of nitrogens with two attached hydrogens (primary N) is 1. The maximum absolute atomic E-state index is 11.8. The number of rotatable bonds is 5. The molecule has 5 heteroatoms. The Morgan fingerprint density at radius 3 is 2.72 bits per heavy atom. The van der Waals surface area contributed by atoms with E-state index in [1.54, 1.807) is 31.4 Å². The fraction of sp³-hybridized carbons (Fsp3) is 0.385. The van der Waals surface area contributed by atoms with E-state index in [9.17, 15) is 4.79 Å². The second-order valence-electron chi connectivity index (χ2n) is 4.63. The lowest BCUT2D eigenvalue weighted by atomic mass is 10.0. The summed E-state index contributed by atoms with van der Waals surface area (Å²) in [5.74, 6) is -0.109. The number of anilines is 1. The van der Waals surface area contributed by atoms with E-state index in [1.807, 2.05) is 13.8 Å². The van der Waals surface area contributed by atoms with Crippen molar-refractivity contribution < 1.29 is 9.53 Å². The molecule has 1 amide bonds. The summed E-state index contributed by atoms with van der Waals surface area (Å²) in [5.41, 5.74) is 6.46. The number of amides is 1. The van der Waals surface area contributed by atoms with Gasteiger partial charge in [0.1, 0.15) is 4.99 Å². The predicted octanol–water partition coefficient (Wildman–Crippen LogP) is 2.07. The fourth-order valence-corrected chi connectivity index (χ4v) is 1.54. The maximum atomic E-state index is 11.8. The highest BCUT2D eigenvalue weighted by molar-refractivity contribution is 7.80. The first-order valence-electron chi connectivity index (χ1n) is 5.59. The first-order chi connectivity index (χ1) is 8.34. The van der Waals surface area contributed by atoms with Gasteiger partial charge < -0.3 is 15.8 Å². The molecule has 0 saturated heterocycles. The van der Waals surface area contributed by atoms with Crippen LogP contribution in [0.5, 0.6) is 0 Å². The summed E-state index contributed by atoms with van der Waals surface area (Å²) in [6.45, 7) is 3.72. The van der Waals surface area contributed by atoms with Gasteiger partial charge in [0.2, 0.25) is 5.91 Å². The third kappa shape index (κ3) is 4.43. The Kier molecular flexibility index (Phi) is 4.81. The van der Waals surface area contributed by atoms with E-state index in [2.05, 4.69) is 5.32 Å². The summed E-state index contributed by atoms with van der Waals surface area (Å²) in [6, 6.07) is 7.14. The van der Waals surface area contributed by atoms with Crippen molar-refractivity contribution in [2.75, 3.05) is 12.4 Å². The first kappa shape index (κ1) is 14.6. The van der Waals surface area contributed by atoms with Crippen molar-refractivity contribution in [2.24, 2.45) is 5.73 Å². The van der Waals surface area contributed by atoms with Crippen molar-refractivity contribution >= 4 is 28.8 Å². The number of nitrogens with one attached hydrogen (secondary N) is 1. The molecule has 0 atom stereocenters. The minimum Gasteiger partial charge on any atom is -0.389 e. The highest BCUT2D eigenvalue weighted by Gasteiger charge is 2.21. The Hall–Kier alpha value is -1.46. The lowest BCUT2D eigenvalue weighted by molar-refractivity contribution is -0.121. The van der Waals surface area contributed by atoms with Crippen LogP contribution in [-0.4, -0.2) is 23.6 Å². The van der Waals surface area contributed by atoms with E-state index in [0.717, 1.165) is 5.56 Å². The molecule has 0 unspecified atom stereocenters. The molecule has 0 spiro atoms. The molecule has 1 rings (SSSR count). The van der Waals surface area contributed by atoms with E-state index in [0.29, 0.717) is 10.7 Å². The molecule has 4 nitrogen and oxygen atoms in total. The Bertz CT molecular complexity index is 458. The summed E-state index contributed by atoms with van der Waals surface area (Å²) in [4.78, 5) is 12.1. The first-order valence-corrected chi connectivity index (χ1v) is 6.00. The lowest BCUT2D eigenvalue weighted by Crippen LogP contribution is -2.29. The van der Waals surface area contributed by atoms with Crippen LogP contribution in [0.4, 0.5) is 5.69 Å². The van der Waals surface area contributed by atoms with Crippen LogP contribution in [0.15, 0.2) is 24.3 Å². The van der Waals surface area contributed by atoms with Crippen LogP contribution < -0.4 is 11.1 Å². The van der Waals surface area contributed by atoms with Crippen molar-refractivity contribution in [3.05, 3.63) is 29.8 Å². The zero-order chi connectivity index (χ0) is 13.8. The van der Waals surface area contributed by atoms with Crippen LogP contribution in [0.25, 0.3) is 0 Å². The molecule has 0 aliphatic heterocycles. The standard InChI is InChI=1S/C13H18N2O2S/c1-13(2,17-3)8-11(16)15-10-6-4-5-9(7-10)12(14)18/h4-7H,8H2,1-3H3,(H2,14,18)(H,15,16). The van der Waals surface area contributed by atoms with Crippen molar-refractivity contribution in [2.45, 2.75) is 25.9 Å². The molecule has 1 aromatic carbocycles. The molecular weight excluding hydrogens is 248 g/mol. The van der Waals surface area contributed by atoms with Crippen molar-refractivity contribution in [3.8, 4) is 0 Å². The van der Waals surface area contributed by atoms with Crippen LogP contribution in [-0.2, 0) is 9.53 Å². The molecular formula is C13H18N2O2S. The summed E-state index contributed by atoms with van der Waals surface area (Å²) >= 11 is 4.89. The Balaban J connectivity index is 2.70. The second-order valence-corrected chi connectivity index (χ2v) is 5.07. The Morgan fingerprint density at radius 1 is 1.50 bits per heavy atom. The number of thiocarbonyl (C=S) groups is 1. The summed E-state index contributed by atoms with van der Waals surface area (Å²) in [6.07, 6.45) is 0.279. The van der Waals surface area contributed by atoms with Gasteiger partial charge in [-0.2, -0.15) is 0 Å². The molecule has 18 heavy (non-hydrogen) atoms. The Labute approximate surface area is 113 Å². The molecule has 0 aromatic heterocycles. The van der Waals surface area contributed by atoms with E-state index >= 15 is 0 Å². The molecule has 0 fully saturated rings. The molecule has 1 aromatic rings. The van der Waals surface area contributed by atoms with Gasteiger partial charge in [-0.15, -0.1) is 0 Å². The number of ether oxygens (including phenoxy) is 1. The Morgan fingerprint density at radius 2 is 2.17 bits per heavy atom. The number of carbonyl (C=O) groups is 1. The second kappa shape index (κ2) is 5.93. The zero-order valence-electron chi connectivity index (χ0n) is 10.8. The molecule has 0 heterocycles. The lowest BCUT2D eigenvalue weighted by Gasteiger charge is -2.22. The van der Waals surface area contributed by atoms with Crippen LogP contribution >= 0.6 is 12.2 Å². The fourth-order valence-electron chi connectivity index (χ4n) is 1.41. The van der Waals surface area contributed by atoms with Crippen molar-refractivity contribution in [1.82, 2.24) is 0 Å². The maximum Gasteiger partial charge on any atom is 0.227 e. The smallest absolute Gasteiger partial charge is 0.227 e. The normalized spacial score (nSPS) is 11.1. The molecule has 0 aliphatic carbocycles. The third-order valence-corrected chi connectivity index (χ3v) is 2.81. The average molecular weight is 266 g/mol. The number of methoxy groups -OCH3 is 1. The average Bonchev–Trinajstić information content (AvgIpc) is 2.28. The van der Waals surface area contributed by atoms with Crippen molar-refractivity contribution in [1.29, 1.82) is 0 Å². The number of benzene rings is 1. The topological polar surface area (TPSA) is 64.3 Å². The third-order valence-electron chi connectivity index (χ3n) is 2.57. The van der Waals surface area contributed by atoms with Crippen molar-refractivity contribution in [3.63, 3.8) is 0 Å². The molecule has 0 radical (unpaired) electrons. The minimum absolute atomic E-state index is 0.109. The monoisotopic (exact) mass is 266 g/mol. The molecule has 0 saturated carbocycles. The number of carbonyl (C=O) groups excluding carboxylic acids is 1. The molecule has 3 N–H and O–H groups in total. The molecule has 0 aliphatic rings. The summed E-state index contributed by atoms with van der Waals surface area (Å²) < 4.78 is 5.21. The van der Waals surface area contributed by atoms with Gasteiger partial charge in [0.15, 0.2) is 0 Å². The van der Waals surface area contributed by atoms with E-state index in [4.69, 9.17) is 22.7 Å². The van der Waals surface area contributed by atoms with Gasteiger partial charge in [0, 0.05) is 18.4 Å². The summed E-state index contributed by atoms with van der Waals surface area (Å²) in [5, 5.41) is 2.79. The van der Waals surface area contributed by atoms with Crippen LogP contribution in [0.1, 0.15) is 25.8 Å². The highest BCUT2D eigenvalue weighted by Crippen LogP contribution is 2.16.